The van der Waals surface area contributed by atoms with E-state index < -0.39 is 0 Å². The monoisotopic (exact) mass is 283 g/mol. The van der Waals surface area contributed by atoms with Gasteiger partial charge in [-0.3, -0.25) is 4.98 Å². The van der Waals surface area contributed by atoms with Crippen molar-refractivity contribution in [1.29, 1.82) is 0 Å². The van der Waals surface area contributed by atoms with Crippen LogP contribution >= 0.6 is 0 Å². The minimum Gasteiger partial charge on any atom is -0.349 e. The van der Waals surface area contributed by atoms with Crippen molar-refractivity contribution < 1.29 is 0 Å². The molecule has 0 saturated carbocycles. The van der Waals surface area contributed by atoms with Crippen molar-refractivity contribution in [1.82, 2.24) is 14.9 Å². The molecule has 1 aliphatic rings. The maximum atomic E-state index is 4.30. The van der Waals surface area contributed by atoms with Crippen molar-refractivity contribution in [2.75, 3.05) is 6.54 Å². The highest BCUT2D eigenvalue weighted by Gasteiger charge is 2.19. The van der Waals surface area contributed by atoms with Crippen molar-refractivity contribution in [3.05, 3.63) is 53.1 Å². The largest absolute Gasteiger partial charge is 0.349 e. The van der Waals surface area contributed by atoms with Gasteiger partial charge in [0.15, 0.2) is 0 Å². The third-order valence-corrected chi connectivity index (χ3v) is 4.31. The van der Waals surface area contributed by atoms with Crippen LogP contribution in [0.4, 0.5) is 0 Å². The summed E-state index contributed by atoms with van der Waals surface area (Å²) in [5, 5.41) is 3.64. The summed E-state index contributed by atoms with van der Waals surface area (Å²) in [7, 11) is 0. The Bertz CT molecular complexity index is 600. The number of hydrogen-bond donors (Lipinski definition) is 1. The number of fused-ring (bicyclic) bond motifs is 1. The SMILES string of the molecule is CCNC1CCCCc2cn(Cc3cncc(C)c3)cc21. The average molecular weight is 283 g/mol. The highest BCUT2D eigenvalue weighted by molar-refractivity contribution is 5.30. The Labute approximate surface area is 127 Å². The molecule has 0 radical (unpaired) electrons. The fourth-order valence-corrected chi connectivity index (χ4v) is 3.38. The lowest BCUT2D eigenvalue weighted by Crippen LogP contribution is -2.20. The van der Waals surface area contributed by atoms with Crippen LogP contribution in [0.3, 0.4) is 0 Å². The van der Waals surface area contributed by atoms with E-state index in [0.29, 0.717) is 6.04 Å². The van der Waals surface area contributed by atoms with Gasteiger partial charge in [-0.05, 0) is 55.0 Å². The van der Waals surface area contributed by atoms with E-state index in [4.69, 9.17) is 0 Å². The first-order valence-corrected chi connectivity index (χ1v) is 8.08. The Balaban J connectivity index is 1.83. The van der Waals surface area contributed by atoms with Gasteiger partial charge in [-0.2, -0.15) is 0 Å². The second-order valence-corrected chi connectivity index (χ2v) is 6.14. The molecule has 3 heteroatoms. The molecule has 3 rings (SSSR count). The molecule has 0 bridgehead atoms. The van der Waals surface area contributed by atoms with Gasteiger partial charge < -0.3 is 9.88 Å². The summed E-state index contributed by atoms with van der Waals surface area (Å²) in [6, 6.07) is 2.75. The number of hydrogen-bond acceptors (Lipinski definition) is 2. The van der Waals surface area contributed by atoms with Crippen molar-refractivity contribution in [3.8, 4) is 0 Å². The summed E-state index contributed by atoms with van der Waals surface area (Å²) in [5.74, 6) is 0. The van der Waals surface area contributed by atoms with E-state index in [-0.39, 0.29) is 0 Å². The Morgan fingerprint density at radius 2 is 2.19 bits per heavy atom. The molecule has 2 aromatic rings. The van der Waals surface area contributed by atoms with Crippen LogP contribution < -0.4 is 5.32 Å². The molecule has 1 N–H and O–H groups in total. The highest BCUT2D eigenvalue weighted by atomic mass is 15.0. The van der Waals surface area contributed by atoms with Gasteiger partial charge in [0, 0.05) is 37.4 Å². The molecule has 0 aliphatic heterocycles. The predicted octanol–water partition coefficient (Wildman–Crippen LogP) is 3.62. The first-order valence-electron chi connectivity index (χ1n) is 8.08. The normalized spacial score (nSPS) is 18.3. The molecule has 21 heavy (non-hydrogen) atoms. The quantitative estimate of drug-likeness (QED) is 0.869. The molecule has 2 heterocycles. The third-order valence-electron chi connectivity index (χ3n) is 4.31. The Morgan fingerprint density at radius 1 is 1.29 bits per heavy atom. The second kappa shape index (κ2) is 6.44. The molecule has 3 nitrogen and oxygen atoms in total. The van der Waals surface area contributed by atoms with Crippen molar-refractivity contribution >= 4 is 0 Å². The molecule has 1 atom stereocenters. The van der Waals surface area contributed by atoms with E-state index in [1.807, 2.05) is 12.4 Å². The van der Waals surface area contributed by atoms with Gasteiger partial charge in [-0.15, -0.1) is 0 Å². The Morgan fingerprint density at radius 3 is 3.00 bits per heavy atom. The molecule has 1 unspecified atom stereocenters. The number of nitrogens with one attached hydrogen (secondary N) is 1. The van der Waals surface area contributed by atoms with Crippen LogP contribution in [0.2, 0.25) is 0 Å². The molecule has 2 aromatic heterocycles. The highest BCUT2D eigenvalue weighted by Crippen LogP contribution is 2.29. The fourth-order valence-electron chi connectivity index (χ4n) is 3.38. The molecule has 0 amide bonds. The summed E-state index contributed by atoms with van der Waals surface area (Å²) < 4.78 is 2.33. The number of aromatic nitrogens is 2. The molecule has 0 saturated heterocycles. The summed E-state index contributed by atoms with van der Waals surface area (Å²) in [4.78, 5) is 4.30. The Hall–Kier alpha value is -1.61. The van der Waals surface area contributed by atoms with Crippen molar-refractivity contribution in [3.63, 3.8) is 0 Å². The molecule has 0 spiro atoms. The van der Waals surface area contributed by atoms with Gasteiger partial charge in [-0.1, -0.05) is 19.4 Å². The molecular formula is C18H25N3. The van der Waals surface area contributed by atoms with Gasteiger partial charge in [-0.25, -0.2) is 0 Å². The first-order chi connectivity index (χ1) is 10.3. The van der Waals surface area contributed by atoms with E-state index in [0.717, 1.165) is 13.1 Å². The summed E-state index contributed by atoms with van der Waals surface area (Å²) in [6.45, 7) is 6.25. The van der Waals surface area contributed by atoms with Gasteiger partial charge in [0.1, 0.15) is 0 Å². The van der Waals surface area contributed by atoms with E-state index in [1.165, 1.54) is 47.9 Å². The number of nitrogens with zero attached hydrogens (tertiary/aromatic N) is 2. The van der Waals surface area contributed by atoms with Crippen LogP contribution in [0, 0.1) is 6.92 Å². The second-order valence-electron chi connectivity index (χ2n) is 6.14. The van der Waals surface area contributed by atoms with Crippen LogP contribution in [0.1, 0.15) is 54.5 Å². The van der Waals surface area contributed by atoms with E-state index in [1.54, 1.807) is 0 Å². The van der Waals surface area contributed by atoms with Gasteiger partial charge >= 0.3 is 0 Å². The lowest BCUT2D eigenvalue weighted by Gasteiger charge is -2.15. The minimum absolute atomic E-state index is 0.532. The molecule has 1 aliphatic carbocycles. The maximum Gasteiger partial charge on any atom is 0.0485 e. The third kappa shape index (κ3) is 3.35. The van der Waals surface area contributed by atoms with Gasteiger partial charge in [0.05, 0.1) is 0 Å². The maximum absolute atomic E-state index is 4.30. The zero-order chi connectivity index (χ0) is 14.7. The zero-order valence-corrected chi connectivity index (χ0v) is 13.1. The first kappa shape index (κ1) is 14.3. The van der Waals surface area contributed by atoms with Crippen LogP contribution in [-0.4, -0.2) is 16.1 Å². The van der Waals surface area contributed by atoms with Crippen LogP contribution in [0.15, 0.2) is 30.9 Å². The van der Waals surface area contributed by atoms with Gasteiger partial charge in [0.25, 0.3) is 0 Å². The van der Waals surface area contributed by atoms with Crippen LogP contribution in [0.25, 0.3) is 0 Å². The molecule has 0 aromatic carbocycles. The molecule has 0 fully saturated rings. The smallest absolute Gasteiger partial charge is 0.0485 e. The predicted molar refractivity (Wildman–Crippen MR) is 86.5 cm³/mol. The number of rotatable bonds is 4. The Kier molecular flexibility index (Phi) is 4.39. The van der Waals surface area contributed by atoms with Crippen molar-refractivity contribution in [2.24, 2.45) is 0 Å². The zero-order valence-electron chi connectivity index (χ0n) is 13.1. The standard InChI is InChI=1S/C18H25N3/c1-3-20-18-7-5-4-6-16-12-21(13-17(16)18)11-15-8-14(2)9-19-10-15/h8-10,12-13,18,20H,3-7,11H2,1-2H3. The summed E-state index contributed by atoms with van der Waals surface area (Å²) in [5.41, 5.74) is 5.54. The molecular weight excluding hydrogens is 258 g/mol. The van der Waals surface area contributed by atoms with Crippen LogP contribution in [-0.2, 0) is 13.0 Å². The summed E-state index contributed by atoms with van der Waals surface area (Å²) in [6.07, 6.45) is 13.7. The fraction of sp³-hybridized carbons (Fsp3) is 0.500. The lowest BCUT2D eigenvalue weighted by atomic mass is 10.0. The van der Waals surface area contributed by atoms with E-state index in [2.05, 4.69) is 47.2 Å². The minimum atomic E-state index is 0.532. The van der Waals surface area contributed by atoms with E-state index in [9.17, 15) is 0 Å². The average Bonchev–Trinajstić information content (AvgIpc) is 2.76. The number of pyridine rings is 1. The summed E-state index contributed by atoms with van der Waals surface area (Å²) >= 11 is 0. The van der Waals surface area contributed by atoms with Crippen molar-refractivity contribution in [2.45, 2.75) is 52.1 Å². The van der Waals surface area contributed by atoms with Gasteiger partial charge in [0.2, 0.25) is 0 Å². The van der Waals surface area contributed by atoms with Crippen LogP contribution in [0.5, 0.6) is 0 Å². The topological polar surface area (TPSA) is 29.9 Å². The number of aryl methyl sites for hydroxylation is 2. The lowest BCUT2D eigenvalue weighted by molar-refractivity contribution is 0.502. The molecule has 112 valence electrons. The van der Waals surface area contributed by atoms with E-state index >= 15 is 0 Å².